The zero-order valence-corrected chi connectivity index (χ0v) is 18.0. The van der Waals surface area contributed by atoms with Crippen LogP contribution in [0.25, 0.3) is 28.1 Å². The van der Waals surface area contributed by atoms with Crippen LogP contribution in [0, 0.1) is 5.82 Å². The highest BCUT2D eigenvalue weighted by Crippen LogP contribution is 2.37. The third kappa shape index (κ3) is 4.12. The Balaban J connectivity index is 1.78. The SMILES string of the molecule is CC(C)n1c(/C=C/C=C/C(=O)c2ccccc2O)c(-c2ccc(F)cc2)c2ccccc21. The average molecular weight is 426 g/mol. The van der Waals surface area contributed by atoms with Crippen LogP contribution in [0.3, 0.4) is 0 Å². The minimum absolute atomic E-state index is 0.0374. The number of carbonyl (C=O) groups is 1. The van der Waals surface area contributed by atoms with Gasteiger partial charge < -0.3 is 9.67 Å². The molecule has 0 aliphatic carbocycles. The molecule has 0 spiro atoms. The number of phenolic OH excluding ortho intramolecular Hbond substituents is 1. The van der Waals surface area contributed by atoms with E-state index in [1.165, 1.54) is 24.3 Å². The molecule has 0 saturated heterocycles. The van der Waals surface area contributed by atoms with Crippen LogP contribution in [0.1, 0.15) is 35.9 Å². The van der Waals surface area contributed by atoms with E-state index < -0.39 is 0 Å². The molecule has 0 saturated carbocycles. The first-order chi connectivity index (χ1) is 15.5. The van der Waals surface area contributed by atoms with Gasteiger partial charge in [-0.1, -0.05) is 54.6 Å². The number of hydrogen-bond donors (Lipinski definition) is 1. The molecular weight excluding hydrogens is 401 g/mol. The highest BCUT2D eigenvalue weighted by Gasteiger charge is 2.18. The van der Waals surface area contributed by atoms with Crippen molar-refractivity contribution in [1.29, 1.82) is 0 Å². The van der Waals surface area contributed by atoms with Gasteiger partial charge in [-0.15, -0.1) is 0 Å². The van der Waals surface area contributed by atoms with Crippen LogP contribution in [-0.2, 0) is 0 Å². The van der Waals surface area contributed by atoms with Crippen molar-refractivity contribution in [1.82, 2.24) is 4.57 Å². The molecule has 0 unspecified atom stereocenters. The van der Waals surface area contributed by atoms with Gasteiger partial charge >= 0.3 is 0 Å². The third-order valence-electron chi connectivity index (χ3n) is 5.38. The zero-order chi connectivity index (χ0) is 22.7. The Labute approximate surface area is 186 Å². The first kappa shape index (κ1) is 21.3. The molecule has 4 rings (SSSR count). The predicted molar refractivity (Wildman–Crippen MR) is 128 cm³/mol. The van der Waals surface area contributed by atoms with Crippen LogP contribution in [0.2, 0.25) is 0 Å². The Morgan fingerprint density at radius 2 is 1.62 bits per heavy atom. The van der Waals surface area contributed by atoms with E-state index in [0.717, 1.165) is 27.7 Å². The number of halogens is 1. The van der Waals surface area contributed by atoms with Gasteiger partial charge in [-0.05, 0) is 61.9 Å². The number of nitrogens with zero attached hydrogens (tertiary/aromatic N) is 1. The molecule has 1 aromatic heterocycles. The van der Waals surface area contributed by atoms with Crippen LogP contribution in [0.4, 0.5) is 4.39 Å². The summed E-state index contributed by atoms with van der Waals surface area (Å²) in [5, 5.41) is 11.0. The lowest BCUT2D eigenvalue weighted by molar-refractivity contribution is 0.104. The van der Waals surface area contributed by atoms with E-state index in [4.69, 9.17) is 0 Å². The predicted octanol–water partition coefficient (Wildman–Crippen LogP) is 7.19. The van der Waals surface area contributed by atoms with Crippen LogP contribution in [-0.4, -0.2) is 15.5 Å². The Morgan fingerprint density at radius 1 is 0.938 bits per heavy atom. The van der Waals surface area contributed by atoms with Gasteiger partial charge in [0.2, 0.25) is 0 Å². The number of carbonyl (C=O) groups excluding carboxylic acids is 1. The molecule has 0 fully saturated rings. The molecular formula is C28H24FNO2. The molecule has 32 heavy (non-hydrogen) atoms. The summed E-state index contributed by atoms with van der Waals surface area (Å²) >= 11 is 0. The minimum atomic E-state index is -0.274. The van der Waals surface area contributed by atoms with E-state index in [0.29, 0.717) is 0 Å². The lowest BCUT2D eigenvalue weighted by Gasteiger charge is -2.13. The van der Waals surface area contributed by atoms with Crippen molar-refractivity contribution >= 4 is 22.8 Å². The summed E-state index contributed by atoms with van der Waals surface area (Å²) in [5.41, 5.74) is 4.28. The molecule has 4 aromatic rings. The van der Waals surface area contributed by atoms with E-state index in [-0.39, 0.29) is 29.0 Å². The topological polar surface area (TPSA) is 42.2 Å². The van der Waals surface area contributed by atoms with E-state index in [9.17, 15) is 14.3 Å². The molecule has 0 aliphatic rings. The van der Waals surface area contributed by atoms with Crippen LogP contribution >= 0.6 is 0 Å². The van der Waals surface area contributed by atoms with E-state index in [1.54, 1.807) is 36.4 Å². The maximum Gasteiger partial charge on any atom is 0.189 e. The van der Waals surface area contributed by atoms with E-state index in [2.05, 4.69) is 30.5 Å². The maximum absolute atomic E-state index is 13.6. The van der Waals surface area contributed by atoms with Gasteiger partial charge in [0.25, 0.3) is 0 Å². The van der Waals surface area contributed by atoms with Gasteiger partial charge in [-0.25, -0.2) is 4.39 Å². The fraction of sp³-hybridized carbons (Fsp3) is 0.107. The molecule has 3 nitrogen and oxygen atoms in total. The summed E-state index contributed by atoms with van der Waals surface area (Å²) in [7, 11) is 0. The normalized spacial score (nSPS) is 11.9. The number of hydrogen-bond acceptors (Lipinski definition) is 2. The molecule has 3 aromatic carbocycles. The smallest absolute Gasteiger partial charge is 0.189 e. The number of aromatic hydroxyl groups is 1. The Morgan fingerprint density at radius 3 is 2.34 bits per heavy atom. The molecule has 160 valence electrons. The third-order valence-corrected chi connectivity index (χ3v) is 5.38. The van der Waals surface area contributed by atoms with Crippen molar-refractivity contribution < 1.29 is 14.3 Å². The molecule has 0 atom stereocenters. The van der Waals surface area contributed by atoms with Crippen molar-refractivity contribution in [2.75, 3.05) is 0 Å². The number of para-hydroxylation sites is 2. The molecule has 1 N–H and O–H groups in total. The van der Waals surface area contributed by atoms with E-state index >= 15 is 0 Å². The first-order valence-corrected chi connectivity index (χ1v) is 10.5. The van der Waals surface area contributed by atoms with Crippen LogP contribution in [0.15, 0.2) is 91.0 Å². The van der Waals surface area contributed by atoms with Gasteiger partial charge in [0.05, 0.1) is 5.56 Å². The quantitative estimate of drug-likeness (QED) is 0.202. The van der Waals surface area contributed by atoms with Gasteiger partial charge in [-0.2, -0.15) is 0 Å². The first-order valence-electron chi connectivity index (χ1n) is 10.5. The second-order valence-corrected chi connectivity index (χ2v) is 7.85. The summed E-state index contributed by atoms with van der Waals surface area (Å²) in [6.45, 7) is 4.24. The van der Waals surface area contributed by atoms with Crippen molar-refractivity contribution in [3.8, 4) is 16.9 Å². The van der Waals surface area contributed by atoms with Crippen molar-refractivity contribution in [2.45, 2.75) is 19.9 Å². The monoisotopic (exact) mass is 425 g/mol. The van der Waals surface area contributed by atoms with Gasteiger partial charge in [-0.3, -0.25) is 4.79 Å². The summed E-state index contributed by atoms with van der Waals surface area (Å²) in [5.74, 6) is -0.579. The van der Waals surface area contributed by atoms with Crippen molar-refractivity contribution in [3.05, 3.63) is 108 Å². The summed E-state index contributed by atoms with van der Waals surface area (Å²) < 4.78 is 15.8. The number of fused-ring (bicyclic) bond motifs is 1. The van der Waals surface area contributed by atoms with E-state index in [1.807, 2.05) is 24.3 Å². The zero-order valence-electron chi connectivity index (χ0n) is 18.0. The molecule has 4 heteroatoms. The molecule has 0 aliphatic heterocycles. The Kier molecular flexibility index (Phi) is 6.04. The number of aromatic nitrogens is 1. The number of ketones is 1. The van der Waals surface area contributed by atoms with Gasteiger partial charge in [0.1, 0.15) is 11.6 Å². The summed E-state index contributed by atoms with van der Waals surface area (Å²) in [6.07, 6.45) is 6.89. The van der Waals surface area contributed by atoms with Gasteiger partial charge in [0.15, 0.2) is 5.78 Å². The number of rotatable bonds is 6. The molecule has 0 bridgehead atoms. The highest BCUT2D eigenvalue weighted by molar-refractivity contribution is 6.06. The fourth-order valence-corrected chi connectivity index (χ4v) is 3.98. The number of allylic oxidation sites excluding steroid dienone is 3. The van der Waals surface area contributed by atoms with Crippen LogP contribution < -0.4 is 0 Å². The Hall–Kier alpha value is -3.92. The molecule has 1 heterocycles. The molecule has 0 radical (unpaired) electrons. The Bertz CT molecular complexity index is 1330. The standard InChI is InChI=1S/C28H24FNO2/c1-19(2)30-24-11-5-3-9-22(24)28(20-15-17-21(29)18-16-20)25(30)12-6-8-14-27(32)23-10-4-7-13-26(23)31/h3-19,31H,1-2H3/b12-6+,14-8+. The summed E-state index contributed by atoms with van der Waals surface area (Å²) in [6, 6.07) is 21.3. The second-order valence-electron chi connectivity index (χ2n) is 7.85. The highest BCUT2D eigenvalue weighted by atomic mass is 19.1. The number of benzene rings is 3. The minimum Gasteiger partial charge on any atom is -0.507 e. The molecule has 0 amide bonds. The average Bonchev–Trinajstić information content (AvgIpc) is 3.11. The van der Waals surface area contributed by atoms with Crippen molar-refractivity contribution in [2.24, 2.45) is 0 Å². The fourth-order valence-electron chi connectivity index (χ4n) is 3.98. The van der Waals surface area contributed by atoms with Crippen LogP contribution in [0.5, 0.6) is 5.75 Å². The number of phenols is 1. The maximum atomic E-state index is 13.6. The lowest BCUT2D eigenvalue weighted by atomic mass is 10.0. The summed E-state index contributed by atoms with van der Waals surface area (Å²) in [4.78, 5) is 12.4. The van der Waals surface area contributed by atoms with Gasteiger partial charge in [0, 0.05) is 28.2 Å². The largest absolute Gasteiger partial charge is 0.507 e. The lowest BCUT2D eigenvalue weighted by Crippen LogP contribution is -2.02. The van der Waals surface area contributed by atoms with Crippen molar-refractivity contribution in [3.63, 3.8) is 0 Å². The second kappa shape index (κ2) is 9.06.